The topological polar surface area (TPSA) is 60.2 Å². The molecule has 0 fully saturated rings. The largest absolute Gasteiger partial charge is 0.326 e. The first-order valence-corrected chi connectivity index (χ1v) is 7.84. The fraction of sp³-hybridized carbons (Fsp3) is 0.200. The average molecular weight is 293 g/mol. The molecule has 0 unspecified atom stereocenters. The second kappa shape index (κ2) is 5.73. The van der Waals surface area contributed by atoms with Crippen LogP contribution in [-0.4, -0.2) is 8.42 Å². The van der Waals surface area contributed by atoms with E-state index in [0.717, 1.165) is 5.56 Å². The molecule has 106 valence electrons. The van der Waals surface area contributed by atoms with Crippen LogP contribution in [0, 0.1) is 12.7 Å². The Bertz CT molecular complexity index is 726. The summed E-state index contributed by atoms with van der Waals surface area (Å²) in [6, 6.07) is 10.7. The van der Waals surface area contributed by atoms with E-state index < -0.39 is 15.7 Å². The summed E-state index contributed by atoms with van der Waals surface area (Å²) in [5.74, 6) is -0.592. The van der Waals surface area contributed by atoms with Gasteiger partial charge in [-0.15, -0.1) is 0 Å². The Kier molecular flexibility index (Phi) is 4.20. The molecule has 2 aromatic carbocycles. The zero-order valence-electron chi connectivity index (χ0n) is 11.1. The lowest BCUT2D eigenvalue weighted by Crippen LogP contribution is -2.09. The Morgan fingerprint density at radius 2 is 1.85 bits per heavy atom. The molecule has 20 heavy (non-hydrogen) atoms. The molecule has 0 spiro atoms. The number of hydrogen-bond donors (Lipinski definition) is 1. The van der Waals surface area contributed by atoms with Gasteiger partial charge in [0, 0.05) is 6.54 Å². The lowest BCUT2D eigenvalue weighted by molar-refractivity contribution is 0.594. The highest BCUT2D eigenvalue weighted by Gasteiger charge is 2.17. The maximum absolute atomic E-state index is 13.1. The number of nitrogens with two attached hydrogens (primary N) is 1. The van der Waals surface area contributed by atoms with Gasteiger partial charge >= 0.3 is 0 Å². The van der Waals surface area contributed by atoms with E-state index in [4.69, 9.17) is 5.73 Å². The third kappa shape index (κ3) is 3.23. The Morgan fingerprint density at radius 1 is 1.10 bits per heavy atom. The lowest BCUT2D eigenvalue weighted by atomic mass is 10.1. The van der Waals surface area contributed by atoms with Gasteiger partial charge in [0.15, 0.2) is 9.84 Å². The van der Waals surface area contributed by atoms with E-state index in [2.05, 4.69) is 0 Å². The molecule has 3 nitrogen and oxygen atoms in total. The molecule has 0 aliphatic heterocycles. The molecular formula is C15H16FNO2S. The van der Waals surface area contributed by atoms with Gasteiger partial charge in [0.2, 0.25) is 0 Å². The summed E-state index contributed by atoms with van der Waals surface area (Å²) in [5.41, 5.74) is 7.47. The molecule has 0 bridgehead atoms. The van der Waals surface area contributed by atoms with Crippen LogP contribution in [0.5, 0.6) is 0 Å². The van der Waals surface area contributed by atoms with Crippen LogP contribution in [-0.2, 0) is 22.1 Å². The summed E-state index contributed by atoms with van der Waals surface area (Å²) in [7, 11) is -3.46. The Hall–Kier alpha value is -1.72. The van der Waals surface area contributed by atoms with Crippen LogP contribution >= 0.6 is 0 Å². The standard InChI is InChI=1S/C15H16FNO2S/c1-11-3-2-4-15(7-11)20(18,19)10-12-5-6-14(16)8-13(12)9-17/h2-8H,9-10,17H2,1H3. The van der Waals surface area contributed by atoms with E-state index in [-0.39, 0.29) is 17.2 Å². The van der Waals surface area contributed by atoms with Gasteiger partial charge in [-0.2, -0.15) is 0 Å². The molecule has 2 aromatic rings. The van der Waals surface area contributed by atoms with Gasteiger partial charge < -0.3 is 5.73 Å². The lowest BCUT2D eigenvalue weighted by Gasteiger charge is -2.09. The first kappa shape index (κ1) is 14.7. The van der Waals surface area contributed by atoms with Crippen molar-refractivity contribution in [2.45, 2.75) is 24.1 Å². The van der Waals surface area contributed by atoms with E-state index in [1.54, 1.807) is 18.2 Å². The van der Waals surface area contributed by atoms with Crippen molar-refractivity contribution in [2.75, 3.05) is 0 Å². The van der Waals surface area contributed by atoms with Gasteiger partial charge in [-0.1, -0.05) is 18.2 Å². The molecular weight excluding hydrogens is 277 g/mol. The molecule has 0 saturated heterocycles. The maximum atomic E-state index is 13.1. The van der Waals surface area contributed by atoms with Crippen LogP contribution < -0.4 is 5.73 Å². The molecule has 0 aromatic heterocycles. The fourth-order valence-corrected chi connectivity index (χ4v) is 3.53. The highest BCUT2D eigenvalue weighted by molar-refractivity contribution is 7.90. The van der Waals surface area contributed by atoms with Gasteiger partial charge in [0.05, 0.1) is 10.6 Å². The first-order chi connectivity index (χ1) is 9.42. The predicted octanol–water partition coefficient (Wildman–Crippen LogP) is 2.57. The van der Waals surface area contributed by atoms with Gasteiger partial charge in [-0.25, -0.2) is 12.8 Å². The summed E-state index contributed by atoms with van der Waals surface area (Å²) in [6.45, 7) is 1.94. The molecule has 0 radical (unpaired) electrons. The van der Waals surface area contributed by atoms with E-state index in [1.165, 1.54) is 18.2 Å². The molecule has 2 N–H and O–H groups in total. The second-order valence-electron chi connectivity index (χ2n) is 4.69. The quantitative estimate of drug-likeness (QED) is 0.942. The minimum Gasteiger partial charge on any atom is -0.326 e. The zero-order valence-corrected chi connectivity index (χ0v) is 12.0. The molecule has 2 rings (SSSR count). The number of benzene rings is 2. The smallest absolute Gasteiger partial charge is 0.182 e. The van der Waals surface area contributed by atoms with Gasteiger partial charge in [-0.3, -0.25) is 0 Å². The van der Waals surface area contributed by atoms with Crippen molar-refractivity contribution < 1.29 is 12.8 Å². The number of sulfone groups is 1. The Balaban J connectivity index is 2.38. The van der Waals surface area contributed by atoms with Crippen molar-refractivity contribution in [3.05, 3.63) is 65.0 Å². The molecule has 0 saturated carbocycles. The Labute approximate surface area is 118 Å². The van der Waals surface area contributed by atoms with E-state index in [1.807, 2.05) is 13.0 Å². The normalized spacial score (nSPS) is 11.6. The van der Waals surface area contributed by atoms with E-state index in [9.17, 15) is 12.8 Å². The Morgan fingerprint density at radius 3 is 2.50 bits per heavy atom. The van der Waals surface area contributed by atoms with E-state index in [0.29, 0.717) is 11.1 Å². The maximum Gasteiger partial charge on any atom is 0.182 e. The van der Waals surface area contributed by atoms with Gasteiger partial charge in [0.1, 0.15) is 5.82 Å². The zero-order chi connectivity index (χ0) is 14.8. The van der Waals surface area contributed by atoms with Crippen LogP contribution in [0.4, 0.5) is 4.39 Å². The van der Waals surface area contributed by atoms with Crippen molar-refractivity contribution in [3.63, 3.8) is 0 Å². The molecule has 0 aliphatic carbocycles. The number of halogens is 1. The van der Waals surface area contributed by atoms with Crippen molar-refractivity contribution in [1.29, 1.82) is 0 Å². The minimum atomic E-state index is -3.46. The van der Waals surface area contributed by atoms with E-state index >= 15 is 0 Å². The van der Waals surface area contributed by atoms with Crippen LogP contribution in [0.3, 0.4) is 0 Å². The average Bonchev–Trinajstić information content (AvgIpc) is 2.40. The number of hydrogen-bond acceptors (Lipinski definition) is 3. The summed E-state index contributed by atoms with van der Waals surface area (Å²) < 4.78 is 37.9. The van der Waals surface area contributed by atoms with Crippen LogP contribution in [0.15, 0.2) is 47.4 Å². The van der Waals surface area contributed by atoms with Gasteiger partial charge in [0.25, 0.3) is 0 Å². The summed E-state index contributed by atoms with van der Waals surface area (Å²) >= 11 is 0. The van der Waals surface area contributed by atoms with Crippen molar-refractivity contribution in [2.24, 2.45) is 5.73 Å². The predicted molar refractivity (Wildman–Crippen MR) is 76.4 cm³/mol. The number of rotatable bonds is 4. The van der Waals surface area contributed by atoms with Gasteiger partial charge in [-0.05, 0) is 47.9 Å². The summed E-state index contributed by atoms with van der Waals surface area (Å²) in [5, 5.41) is 0. The SMILES string of the molecule is Cc1cccc(S(=O)(=O)Cc2ccc(F)cc2CN)c1. The number of aryl methyl sites for hydroxylation is 1. The third-order valence-corrected chi connectivity index (χ3v) is 4.75. The van der Waals surface area contributed by atoms with Crippen molar-refractivity contribution in [1.82, 2.24) is 0 Å². The van der Waals surface area contributed by atoms with Crippen molar-refractivity contribution in [3.8, 4) is 0 Å². The summed E-state index contributed by atoms with van der Waals surface area (Å²) in [4.78, 5) is 0.268. The highest BCUT2D eigenvalue weighted by atomic mass is 32.2. The fourth-order valence-electron chi connectivity index (χ4n) is 2.02. The third-order valence-electron chi connectivity index (χ3n) is 3.08. The summed E-state index contributed by atoms with van der Waals surface area (Å²) in [6.07, 6.45) is 0. The second-order valence-corrected chi connectivity index (χ2v) is 6.68. The van der Waals surface area contributed by atoms with Crippen molar-refractivity contribution >= 4 is 9.84 Å². The van der Waals surface area contributed by atoms with Crippen LogP contribution in [0.1, 0.15) is 16.7 Å². The molecule has 0 amide bonds. The molecule has 5 heteroatoms. The first-order valence-electron chi connectivity index (χ1n) is 6.19. The molecule has 0 heterocycles. The minimum absolute atomic E-state index is 0.108. The molecule has 0 atom stereocenters. The van der Waals surface area contributed by atoms with Crippen LogP contribution in [0.2, 0.25) is 0 Å². The monoisotopic (exact) mass is 293 g/mol. The molecule has 0 aliphatic rings. The van der Waals surface area contributed by atoms with Crippen LogP contribution in [0.25, 0.3) is 0 Å². The highest BCUT2D eigenvalue weighted by Crippen LogP contribution is 2.20.